The molecule has 0 fully saturated rings. The second-order valence-electron chi connectivity index (χ2n) is 3.39. The van der Waals surface area contributed by atoms with Crippen LogP contribution in [0.4, 0.5) is 5.69 Å². The molecule has 19 heavy (non-hydrogen) atoms. The number of aromatic nitrogens is 2. The molecule has 0 unspecified atom stereocenters. The van der Waals surface area contributed by atoms with Gasteiger partial charge in [-0.3, -0.25) is 4.79 Å². The summed E-state index contributed by atoms with van der Waals surface area (Å²) in [7, 11) is 1.29. The van der Waals surface area contributed by atoms with Gasteiger partial charge in [-0.15, -0.1) is 10.2 Å². The maximum atomic E-state index is 11.8. The van der Waals surface area contributed by atoms with Gasteiger partial charge in [0.2, 0.25) is 9.47 Å². The van der Waals surface area contributed by atoms with Crippen LogP contribution < -0.4 is 5.32 Å². The number of ether oxygens (including phenoxy) is 1. The van der Waals surface area contributed by atoms with Gasteiger partial charge in [-0.05, 0) is 29.8 Å². The smallest absolute Gasteiger partial charge is 0.337 e. The van der Waals surface area contributed by atoms with Crippen LogP contribution in [0.2, 0.25) is 4.47 Å². The Morgan fingerprint density at radius 3 is 2.79 bits per heavy atom. The predicted molar refractivity (Wildman–Crippen MR) is 70.7 cm³/mol. The number of amides is 1. The van der Waals surface area contributed by atoms with Crippen molar-refractivity contribution in [3.8, 4) is 0 Å². The van der Waals surface area contributed by atoms with E-state index in [1.54, 1.807) is 18.2 Å². The van der Waals surface area contributed by atoms with Crippen molar-refractivity contribution < 1.29 is 14.3 Å². The molecule has 1 aromatic heterocycles. The monoisotopic (exact) mass is 297 g/mol. The van der Waals surface area contributed by atoms with E-state index in [4.69, 9.17) is 11.6 Å². The fraction of sp³-hybridized carbons (Fsp3) is 0.0909. The number of anilines is 1. The number of carbonyl (C=O) groups excluding carboxylic acids is 2. The van der Waals surface area contributed by atoms with Gasteiger partial charge in [-0.1, -0.05) is 17.4 Å². The van der Waals surface area contributed by atoms with Crippen LogP contribution in [0.15, 0.2) is 24.3 Å². The Morgan fingerprint density at radius 2 is 2.16 bits per heavy atom. The highest BCUT2D eigenvalue weighted by atomic mass is 35.5. The van der Waals surface area contributed by atoms with Crippen molar-refractivity contribution in [2.24, 2.45) is 0 Å². The third-order valence-electron chi connectivity index (χ3n) is 2.14. The van der Waals surface area contributed by atoms with Crippen LogP contribution in [0.3, 0.4) is 0 Å². The number of rotatable bonds is 3. The first kappa shape index (κ1) is 13.4. The van der Waals surface area contributed by atoms with Gasteiger partial charge in [0.1, 0.15) is 0 Å². The van der Waals surface area contributed by atoms with Gasteiger partial charge >= 0.3 is 5.97 Å². The molecule has 6 nitrogen and oxygen atoms in total. The zero-order valence-corrected chi connectivity index (χ0v) is 11.3. The fourth-order valence-corrected chi connectivity index (χ4v) is 2.05. The second kappa shape index (κ2) is 5.77. The average Bonchev–Trinajstić information content (AvgIpc) is 2.85. The van der Waals surface area contributed by atoms with Crippen molar-refractivity contribution in [2.75, 3.05) is 12.4 Å². The molecule has 1 heterocycles. The third kappa shape index (κ3) is 3.27. The van der Waals surface area contributed by atoms with E-state index in [0.29, 0.717) is 11.3 Å². The number of hydrogen-bond donors (Lipinski definition) is 1. The first-order chi connectivity index (χ1) is 9.10. The molecule has 8 heteroatoms. The number of benzene rings is 1. The first-order valence-electron chi connectivity index (χ1n) is 5.09. The summed E-state index contributed by atoms with van der Waals surface area (Å²) in [5, 5.41) is 9.90. The van der Waals surface area contributed by atoms with Gasteiger partial charge in [-0.25, -0.2) is 4.79 Å². The zero-order chi connectivity index (χ0) is 13.8. The van der Waals surface area contributed by atoms with E-state index in [1.165, 1.54) is 13.2 Å². The van der Waals surface area contributed by atoms with Crippen LogP contribution >= 0.6 is 22.9 Å². The predicted octanol–water partition coefficient (Wildman–Crippen LogP) is 2.23. The molecule has 0 aliphatic carbocycles. The minimum Gasteiger partial charge on any atom is -0.465 e. The lowest BCUT2D eigenvalue weighted by molar-refractivity contribution is 0.0600. The standard InChI is InChI=1S/C11H8ClN3O3S/c1-18-10(17)6-3-2-4-7(5-6)13-8(16)9-14-15-11(12)19-9/h2-5H,1H3,(H,13,16). The summed E-state index contributed by atoms with van der Waals surface area (Å²) in [4.78, 5) is 23.2. The van der Waals surface area contributed by atoms with Crippen molar-refractivity contribution in [1.82, 2.24) is 10.2 Å². The molecule has 98 valence electrons. The average molecular weight is 298 g/mol. The highest BCUT2D eigenvalue weighted by Gasteiger charge is 2.13. The highest BCUT2D eigenvalue weighted by Crippen LogP contribution is 2.17. The minimum absolute atomic E-state index is 0.147. The van der Waals surface area contributed by atoms with Crippen molar-refractivity contribution in [1.29, 1.82) is 0 Å². The molecule has 0 saturated heterocycles. The number of nitrogens with zero attached hydrogens (tertiary/aromatic N) is 2. The van der Waals surface area contributed by atoms with Crippen molar-refractivity contribution >= 4 is 40.5 Å². The van der Waals surface area contributed by atoms with Gasteiger partial charge in [0, 0.05) is 5.69 Å². The van der Waals surface area contributed by atoms with Crippen LogP contribution in [-0.4, -0.2) is 29.2 Å². The quantitative estimate of drug-likeness (QED) is 0.879. The number of halogens is 1. The SMILES string of the molecule is COC(=O)c1cccc(NC(=O)c2nnc(Cl)s2)c1. The number of esters is 1. The normalized spacial score (nSPS) is 10.0. The van der Waals surface area contributed by atoms with E-state index in [-0.39, 0.29) is 9.47 Å². The zero-order valence-electron chi connectivity index (χ0n) is 9.71. The summed E-state index contributed by atoms with van der Waals surface area (Å²) in [5.74, 6) is -0.915. The van der Waals surface area contributed by atoms with Gasteiger partial charge in [0.25, 0.3) is 5.91 Å². The van der Waals surface area contributed by atoms with Gasteiger partial charge in [0.05, 0.1) is 12.7 Å². The lowest BCUT2D eigenvalue weighted by Crippen LogP contribution is -2.12. The molecule has 2 aromatic rings. The molecule has 0 bridgehead atoms. The molecule has 0 atom stereocenters. The van der Waals surface area contributed by atoms with Gasteiger partial charge < -0.3 is 10.1 Å². The molecule has 0 radical (unpaired) electrons. The summed E-state index contributed by atoms with van der Waals surface area (Å²) in [5.41, 5.74) is 0.801. The Kier molecular flexibility index (Phi) is 4.08. The molecule has 0 aliphatic rings. The Morgan fingerprint density at radius 1 is 1.37 bits per heavy atom. The molecule has 1 aromatic carbocycles. The molecule has 2 rings (SSSR count). The molecular formula is C11H8ClN3O3S. The lowest BCUT2D eigenvalue weighted by atomic mass is 10.2. The first-order valence-corrected chi connectivity index (χ1v) is 6.28. The third-order valence-corrected chi connectivity index (χ3v) is 3.15. The largest absolute Gasteiger partial charge is 0.465 e. The topological polar surface area (TPSA) is 81.2 Å². The van der Waals surface area contributed by atoms with Crippen LogP contribution in [0.5, 0.6) is 0 Å². The molecule has 1 amide bonds. The lowest BCUT2D eigenvalue weighted by Gasteiger charge is -2.04. The molecule has 0 aliphatic heterocycles. The Hall–Kier alpha value is -1.99. The van der Waals surface area contributed by atoms with Crippen molar-refractivity contribution in [2.45, 2.75) is 0 Å². The summed E-state index contributed by atoms with van der Waals surface area (Å²) in [6, 6.07) is 6.37. The molecule has 1 N–H and O–H groups in total. The highest BCUT2D eigenvalue weighted by molar-refractivity contribution is 7.17. The Bertz CT molecular complexity index is 629. The van der Waals surface area contributed by atoms with Crippen LogP contribution in [0.1, 0.15) is 20.2 Å². The maximum absolute atomic E-state index is 11.8. The van der Waals surface area contributed by atoms with Gasteiger partial charge in [0.15, 0.2) is 0 Å². The minimum atomic E-state index is -0.477. The van der Waals surface area contributed by atoms with E-state index >= 15 is 0 Å². The van der Waals surface area contributed by atoms with E-state index in [0.717, 1.165) is 11.3 Å². The van der Waals surface area contributed by atoms with E-state index in [2.05, 4.69) is 20.3 Å². The summed E-state index contributed by atoms with van der Waals surface area (Å²) < 4.78 is 4.78. The summed E-state index contributed by atoms with van der Waals surface area (Å²) in [6.07, 6.45) is 0. The van der Waals surface area contributed by atoms with E-state index < -0.39 is 11.9 Å². The number of methoxy groups -OCH3 is 1. The Labute approximate surface area is 117 Å². The molecule has 0 spiro atoms. The number of hydrogen-bond acceptors (Lipinski definition) is 6. The number of carbonyl (C=O) groups is 2. The number of nitrogens with one attached hydrogen (secondary N) is 1. The van der Waals surface area contributed by atoms with E-state index in [9.17, 15) is 9.59 Å². The molecular weight excluding hydrogens is 290 g/mol. The van der Waals surface area contributed by atoms with Crippen LogP contribution in [0.25, 0.3) is 0 Å². The summed E-state index contributed by atoms with van der Waals surface area (Å²) >= 11 is 6.57. The van der Waals surface area contributed by atoms with Gasteiger partial charge in [-0.2, -0.15) is 0 Å². The van der Waals surface area contributed by atoms with Crippen LogP contribution in [0, 0.1) is 0 Å². The molecule has 0 saturated carbocycles. The van der Waals surface area contributed by atoms with Crippen LogP contribution in [-0.2, 0) is 4.74 Å². The van der Waals surface area contributed by atoms with Crippen molar-refractivity contribution in [3.63, 3.8) is 0 Å². The fourth-order valence-electron chi connectivity index (χ4n) is 1.32. The van der Waals surface area contributed by atoms with Crippen molar-refractivity contribution in [3.05, 3.63) is 39.3 Å². The van der Waals surface area contributed by atoms with E-state index in [1.807, 2.05) is 0 Å². The Balaban J connectivity index is 2.15. The summed E-state index contributed by atoms with van der Waals surface area (Å²) in [6.45, 7) is 0. The maximum Gasteiger partial charge on any atom is 0.337 e. The second-order valence-corrected chi connectivity index (χ2v) is 4.95.